The van der Waals surface area contributed by atoms with Crippen molar-refractivity contribution in [3.05, 3.63) is 65.2 Å². The number of hydrogen-bond acceptors (Lipinski definition) is 8. The zero-order valence-electron chi connectivity index (χ0n) is 29.9. The van der Waals surface area contributed by atoms with Gasteiger partial charge in [0.1, 0.15) is 0 Å². The highest BCUT2D eigenvalue weighted by Crippen LogP contribution is 2.45. The number of anilines is 1. The van der Waals surface area contributed by atoms with Crippen molar-refractivity contribution in [3.63, 3.8) is 0 Å². The second kappa shape index (κ2) is 19.0. The number of para-hydroxylation sites is 1. The van der Waals surface area contributed by atoms with Crippen molar-refractivity contribution in [2.75, 3.05) is 44.1 Å². The lowest BCUT2D eigenvalue weighted by molar-refractivity contribution is -0.125. The summed E-state index contributed by atoms with van der Waals surface area (Å²) in [5.41, 5.74) is 3.03. The first-order chi connectivity index (χ1) is 23.1. The SMILES string of the molecule is COP(C)(=O)OCC(C)(C)CC(C)(C)CNC(=O)CCC(C)SSCCNC(=O)CCC(=O)N1Cc2ccccc2C#Cc2ccccc21. The number of hydrogen-bond donors (Lipinski definition) is 2. The summed E-state index contributed by atoms with van der Waals surface area (Å²) < 4.78 is 22.5. The molecule has 0 radical (unpaired) electrons. The normalized spacial score (nSPS) is 14.6. The number of rotatable bonds is 19. The van der Waals surface area contributed by atoms with Crippen molar-refractivity contribution in [1.82, 2.24) is 10.6 Å². The highest BCUT2D eigenvalue weighted by atomic mass is 33.1. The predicted molar refractivity (Wildman–Crippen MR) is 203 cm³/mol. The molecular formula is C37H52N3O6PS2. The molecule has 0 bridgehead atoms. The number of fused-ring (bicyclic) bond motifs is 2. The maximum atomic E-state index is 13.4. The van der Waals surface area contributed by atoms with Crippen LogP contribution in [0.2, 0.25) is 0 Å². The molecule has 268 valence electrons. The number of amides is 3. The summed E-state index contributed by atoms with van der Waals surface area (Å²) in [6, 6.07) is 15.4. The number of carbonyl (C=O) groups excluding carboxylic acids is 3. The summed E-state index contributed by atoms with van der Waals surface area (Å²) in [4.78, 5) is 40.2. The van der Waals surface area contributed by atoms with Crippen LogP contribution < -0.4 is 15.5 Å². The average molecular weight is 730 g/mol. The Hall–Kier alpha value is -2.74. The van der Waals surface area contributed by atoms with E-state index in [0.29, 0.717) is 32.7 Å². The minimum Gasteiger partial charge on any atom is -0.356 e. The van der Waals surface area contributed by atoms with Crippen molar-refractivity contribution in [2.45, 2.75) is 78.5 Å². The van der Waals surface area contributed by atoms with Gasteiger partial charge in [-0.3, -0.25) is 18.9 Å². The Morgan fingerprint density at radius 3 is 2.33 bits per heavy atom. The van der Waals surface area contributed by atoms with Crippen LogP contribution in [0, 0.1) is 22.7 Å². The highest BCUT2D eigenvalue weighted by molar-refractivity contribution is 8.76. The van der Waals surface area contributed by atoms with Gasteiger partial charge in [0.25, 0.3) is 0 Å². The molecule has 3 rings (SSSR count). The van der Waals surface area contributed by atoms with Crippen LogP contribution in [0.3, 0.4) is 0 Å². The minimum absolute atomic E-state index is 0.0233. The van der Waals surface area contributed by atoms with E-state index in [2.05, 4.69) is 57.1 Å². The molecular weight excluding hydrogens is 678 g/mol. The van der Waals surface area contributed by atoms with Crippen molar-refractivity contribution in [3.8, 4) is 11.8 Å². The molecule has 0 aliphatic carbocycles. The van der Waals surface area contributed by atoms with Gasteiger partial charge in [-0.1, -0.05) is 98.4 Å². The van der Waals surface area contributed by atoms with Crippen molar-refractivity contribution in [1.29, 1.82) is 0 Å². The molecule has 2 N–H and O–H groups in total. The number of nitrogens with one attached hydrogen (secondary N) is 2. The van der Waals surface area contributed by atoms with E-state index in [1.54, 1.807) is 26.5 Å². The lowest BCUT2D eigenvalue weighted by Gasteiger charge is -2.35. The van der Waals surface area contributed by atoms with Crippen molar-refractivity contribution >= 4 is 52.6 Å². The van der Waals surface area contributed by atoms with Gasteiger partial charge in [0.15, 0.2) is 0 Å². The fourth-order valence-corrected chi connectivity index (χ4v) is 8.55. The maximum absolute atomic E-state index is 13.4. The Morgan fingerprint density at radius 2 is 1.59 bits per heavy atom. The van der Waals surface area contributed by atoms with E-state index >= 15 is 0 Å². The van der Waals surface area contributed by atoms with Gasteiger partial charge >= 0.3 is 7.60 Å². The van der Waals surface area contributed by atoms with Crippen LogP contribution in [-0.4, -0.2) is 62.2 Å². The van der Waals surface area contributed by atoms with Gasteiger partial charge in [-0.05, 0) is 47.4 Å². The molecule has 49 heavy (non-hydrogen) atoms. The predicted octanol–water partition coefficient (Wildman–Crippen LogP) is 7.42. The minimum atomic E-state index is -3.04. The van der Waals surface area contributed by atoms with Gasteiger partial charge in [0.2, 0.25) is 17.7 Å². The smallest absolute Gasteiger partial charge is 0.327 e. The summed E-state index contributed by atoms with van der Waals surface area (Å²) in [7, 11) is 1.71. The number of carbonyl (C=O) groups is 3. The van der Waals surface area contributed by atoms with Crippen molar-refractivity contribution in [2.24, 2.45) is 10.8 Å². The van der Waals surface area contributed by atoms with Crippen LogP contribution in [0.1, 0.15) is 83.4 Å². The molecule has 2 unspecified atom stereocenters. The summed E-state index contributed by atoms with van der Waals surface area (Å²) >= 11 is 0. The fourth-order valence-electron chi connectivity index (χ4n) is 5.61. The van der Waals surface area contributed by atoms with Gasteiger partial charge in [0, 0.05) is 68.3 Å². The molecule has 1 aliphatic heterocycles. The van der Waals surface area contributed by atoms with E-state index < -0.39 is 7.60 Å². The first-order valence-corrected chi connectivity index (χ1v) is 21.1. The molecule has 2 aromatic rings. The molecule has 1 aliphatic rings. The van der Waals surface area contributed by atoms with Crippen LogP contribution >= 0.6 is 29.2 Å². The van der Waals surface area contributed by atoms with Crippen LogP contribution in [-0.2, 0) is 34.5 Å². The molecule has 12 heteroatoms. The molecule has 0 spiro atoms. The molecule has 0 saturated carbocycles. The summed E-state index contributed by atoms with van der Waals surface area (Å²) in [5, 5.41) is 6.27. The molecule has 9 nitrogen and oxygen atoms in total. The third-order valence-electron chi connectivity index (χ3n) is 8.00. The summed E-state index contributed by atoms with van der Waals surface area (Å²) in [5.74, 6) is 6.90. The highest BCUT2D eigenvalue weighted by Gasteiger charge is 2.31. The van der Waals surface area contributed by atoms with E-state index in [1.807, 2.05) is 48.5 Å². The fraction of sp³-hybridized carbons (Fsp3) is 0.541. The average Bonchev–Trinajstić information content (AvgIpc) is 3.05. The topological polar surface area (TPSA) is 114 Å². The third kappa shape index (κ3) is 14.6. The Kier molecular flexibility index (Phi) is 15.8. The summed E-state index contributed by atoms with van der Waals surface area (Å²) in [6.07, 6.45) is 2.18. The largest absolute Gasteiger partial charge is 0.356 e. The monoisotopic (exact) mass is 729 g/mol. The van der Waals surface area contributed by atoms with E-state index in [0.717, 1.165) is 41.0 Å². The maximum Gasteiger partial charge on any atom is 0.327 e. The van der Waals surface area contributed by atoms with E-state index in [-0.39, 0.29) is 46.6 Å². The quantitative estimate of drug-likeness (QED) is 0.0665. The molecule has 2 aromatic carbocycles. The van der Waals surface area contributed by atoms with E-state index in [1.165, 1.54) is 13.8 Å². The Labute approximate surface area is 300 Å². The molecule has 3 amide bonds. The lowest BCUT2D eigenvalue weighted by Crippen LogP contribution is -2.37. The van der Waals surface area contributed by atoms with Crippen LogP contribution in [0.15, 0.2) is 48.5 Å². The first kappa shape index (κ1) is 40.7. The van der Waals surface area contributed by atoms with Gasteiger partial charge in [0.05, 0.1) is 18.8 Å². The molecule has 0 saturated heterocycles. The number of benzene rings is 2. The first-order valence-electron chi connectivity index (χ1n) is 16.7. The van der Waals surface area contributed by atoms with Crippen LogP contribution in [0.25, 0.3) is 0 Å². The van der Waals surface area contributed by atoms with Crippen LogP contribution in [0.5, 0.6) is 0 Å². The number of nitrogens with zero attached hydrogens (tertiary/aromatic N) is 1. The van der Waals surface area contributed by atoms with Crippen molar-refractivity contribution < 1.29 is 28.0 Å². The molecule has 0 fully saturated rings. The standard InChI is InChI=1S/C37H52N3O6PS2/c1-28(16-19-34(42)39-26-36(2,3)25-37(4,5)27-46-47(7,44)45-6)49-48-23-22-38-33(41)20-21-35(43)40-24-31-14-9-8-12-29(31)17-18-30-13-10-11-15-32(30)40/h8-15,28H,16,19-27H2,1-7H3,(H,38,41)(H,39,42). The zero-order chi connectivity index (χ0) is 36.1. The molecule has 0 aromatic heterocycles. The second-order valence-corrected chi connectivity index (χ2v) is 19.1. The Bertz CT molecular complexity index is 1550. The Balaban J connectivity index is 1.31. The lowest BCUT2D eigenvalue weighted by atomic mass is 9.75. The van der Waals surface area contributed by atoms with Gasteiger partial charge < -0.3 is 24.6 Å². The van der Waals surface area contributed by atoms with Gasteiger partial charge in [-0.2, -0.15) is 0 Å². The molecule has 1 heterocycles. The van der Waals surface area contributed by atoms with E-state index in [9.17, 15) is 18.9 Å². The second-order valence-electron chi connectivity index (χ2n) is 14.0. The zero-order valence-corrected chi connectivity index (χ0v) is 32.5. The van der Waals surface area contributed by atoms with E-state index in [4.69, 9.17) is 9.05 Å². The Morgan fingerprint density at radius 1 is 0.939 bits per heavy atom. The van der Waals surface area contributed by atoms with Gasteiger partial charge in [-0.15, -0.1) is 0 Å². The third-order valence-corrected chi connectivity index (χ3v) is 12.2. The summed E-state index contributed by atoms with van der Waals surface area (Å²) in [6.45, 7) is 13.6. The molecule has 2 atom stereocenters. The van der Waals surface area contributed by atoms with Crippen LogP contribution in [0.4, 0.5) is 5.69 Å². The van der Waals surface area contributed by atoms with Gasteiger partial charge in [-0.25, -0.2) is 0 Å².